The monoisotopic (exact) mass is 174 g/mol. The molecule has 1 rings (SSSR count). The molecule has 0 saturated carbocycles. The Labute approximate surface area is 67.1 Å². The standard InChI is InChI=1S/C7H9O2P.H2O/c1-6-3-2-4-7(5-6)10-9-8;/h2-5,8,10H,1H3;1H2. The summed E-state index contributed by atoms with van der Waals surface area (Å²) in [5.74, 6) is 0. The smallest absolute Gasteiger partial charge is 0.0876 e. The summed E-state index contributed by atoms with van der Waals surface area (Å²) in [7, 11) is 0.0391. The van der Waals surface area contributed by atoms with Crippen molar-refractivity contribution in [2.75, 3.05) is 0 Å². The van der Waals surface area contributed by atoms with Crippen molar-refractivity contribution in [1.82, 2.24) is 0 Å². The molecule has 4 heteroatoms. The van der Waals surface area contributed by atoms with Crippen molar-refractivity contribution in [2.45, 2.75) is 6.92 Å². The van der Waals surface area contributed by atoms with E-state index in [0.717, 1.165) is 5.30 Å². The van der Waals surface area contributed by atoms with E-state index in [-0.39, 0.29) is 14.3 Å². The van der Waals surface area contributed by atoms with Crippen LogP contribution in [-0.2, 0) is 4.67 Å². The SMILES string of the molecule is Cc1cccc(POO)c1.O. The van der Waals surface area contributed by atoms with Crippen LogP contribution in [0.5, 0.6) is 0 Å². The Morgan fingerprint density at radius 2 is 2.18 bits per heavy atom. The number of benzene rings is 1. The van der Waals surface area contributed by atoms with Crippen molar-refractivity contribution in [1.29, 1.82) is 0 Å². The molecule has 0 spiro atoms. The van der Waals surface area contributed by atoms with E-state index in [9.17, 15) is 0 Å². The molecule has 0 aliphatic carbocycles. The average Bonchev–Trinajstić information content (AvgIpc) is 1.88. The first-order valence-electron chi connectivity index (χ1n) is 2.96. The number of rotatable bonds is 2. The molecular weight excluding hydrogens is 163 g/mol. The van der Waals surface area contributed by atoms with E-state index in [0.29, 0.717) is 0 Å². The molecule has 0 saturated heterocycles. The highest BCUT2D eigenvalue weighted by Gasteiger charge is 1.90. The van der Waals surface area contributed by atoms with E-state index in [1.807, 2.05) is 31.2 Å². The van der Waals surface area contributed by atoms with Gasteiger partial charge in [-0.05, 0) is 13.0 Å². The molecule has 0 radical (unpaired) electrons. The highest BCUT2D eigenvalue weighted by Crippen LogP contribution is 2.09. The molecule has 0 aromatic heterocycles. The summed E-state index contributed by atoms with van der Waals surface area (Å²) in [6.45, 7) is 2.01. The van der Waals surface area contributed by atoms with Gasteiger partial charge in [0.2, 0.25) is 0 Å². The maximum atomic E-state index is 8.12. The van der Waals surface area contributed by atoms with Crippen molar-refractivity contribution in [3.05, 3.63) is 29.8 Å². The molecule has 1 unspecified atom stereocenters. The van der Waals surface area contributed by atoms with Gasteiger partial charge in [0.25, 0.3) is 0 Å². The maximum Gasteiger partial charge on any atom is 0.0876 e. The van der Waals surface area contributed by atoms with Crippen molar-refractivity contribution >= 4 is 14.1 Å². The highest BCUT2D eigenvalue weighted by atomic mass is 31.1. The Kier molecular flexibility index (Phi) is 4.99. The predicted molar refractivity (Wildman–Crippen MR) is 46.5 cm³/mol. The van der Waals surface area contributed by atoms with Crippen LogP contribution in [0.15, 0.2) is 24.3 Å². The first-order valence-corrected chi connectivity index (χ1v) is 3.87. The van der Waals surface area contributed by atoms with Gasteiger partial charge >= 0.3 is 0 Å². The van der Waals surface area contributed by atoms with Crippen molar-refractivity contribution in [3.63, 3.8) is 0 Å². The van der Waals surface area contributed by atoms with Gasteiger partial charge in [-0.2, -0.15) is 0 Å². The summed E-state index contributed by atoms with van der Waals surface area (Å²) in [4.78, 5) is 0. The Hall–Kier alpha value is -0.470. The fourth-order valence-corrected chi connectivity index (χ4v) is 1.32. The summed E-state index contributed by atoms with van der Waals surface area (Å²) in [6, 6.07) is 7.85. The number of aryl methyl sites for hydroxylation is 1. The van der Waals surface area contributed by atoms with Gasteiger partial charge in [0.05, 0.1) is 8.81 Å². The Balaban J connectivity index is 0.000001000. The zero-order valence-electron chi connectivity index (χ0n) is 6.16. The lowest BCUT2D eigenvalue weighted by Crippen LogP contribution is -1.93. The molecule has 0 heterocycles. The molecule has 62 valence electrons. The third-order valence-electron chi connectivity index (χ3n) is 1.18. The molecule has 1 atom stereocenters. The van der Waals surface area contributed by atoms with Gasteiger partial charge in [0.1, 0.15) is 0 Å². The summed E-state index contributed by atoms with van der Waals surface area (Å²) >= 11 is 0. The second-order valence-electron chi connectivity index (χ2n) is 2.06. The Morgan fingerprint density at radius 3 is 2.73 bits per heavy atom. The molecular formula is C7H11O3P. The first kappa shape index (κ1) is 10.5. The van der Waals surface area contributed by atoms with Crippen molar-refractivity contribution in [3.8, 4) is 0 Å². The van der Waals surface area contributed by atoms with E-state index < -0.39 is 0 Å². The van der Waals surface area contributed by atoms with Gasteiger partial charge in [-0.3, -0.25) is 0 Å². The van der Waals surface area contributed by atoms with Gasteiger partial charge in [0.15, 0.2) is 0 Å². The summed E-state index contributed by atoms with van der Waals surface area (Å²) in [6.07, 6.45) is 0. The molecule has 1 aromatic rings. The van der Waals surface area contributed by atoms with Gasteiger partial charge in [-0.1, -0.05) is 23.8 Å². The summed E-state index contributed by atoms with van der Waals surface area (Å²) in [5, 5.41) is 9.14. The predicted octanol–water partition coefficient (Wildman–Crippen LogP) is 0.879. The van der Waals surface area contributed by atoms with Crippen LogP contribution in [0.3, 0.4) is 0 Å². The van der Waals surface area contributed by atoms with E-state index in [1.54, 1.807) is 0 Å². The number of hydrogen-bond acceptors (Lipinski definition) is 2. The van der Waals surface area contributed by atoms with Crippen molar-refractivity contribution < 1.29 is 15.4 Å². The molecule has 0 fully saturated rings. The second-order valence-corrected chi connectivity index (χ2v) is 3.03. The highest BCUT2D eigenvalue weighted by molar-refractivity contribution is 7.41. The summed E-state index contributed by atoms with van der Waals surface area (Å²) < 4.78 is 4.01. The largest absolute Gasteiger partial charge is 0.412 e. The quantitative estimate of drug-likeness (QED) is 0.411. The Bertz CT molecular complexity index is 215. The van der Waals surface area contributed by atoms with Crippen LogP contribution in [0.2, 0.25) is 0 Å². The topological polar surface area (TPSA) is 61.0 Å². The minimum Gasteiger partial charge on any atom is -0.412 e. The van der Waals surface area contributed by atoms with Gasteiger partial charge < -0.3 is 5.48 Å². The molecule has 1 aromatic carbocycles. The molecule has 3 nitrogen and oxygen atoms in total. The Morgan fingerprint density at radius 1 is 1.45 bits per heavy atom. The molecule has 11 heavy (non-hydrogen) atoms. The third kappa shape index (κ3) is 3.44. The molecule has 3 N–H and O–H groups in total. The van der Waals surface area contributed by atoms with Gasteiger partial charge in [0, 0.05) is 5.30 Å². The van der Waals surface area contributed by atoms with Gasteiger partial charge in [-0.25, -0.2) is 9.93 Å². The van der Waals surface area contributed by atoms with E-state index in [2.05, 4.69) is 4.67 Å². The lowest BCUT2D eigenvalue weighted by molar-refractivity contribution is -0.121. The van der Waals surface area contributed by atoms with Crippen LogP contribution >= 0.6 is 8.81 Å². The molecule has 0 aliphatic rings. The maximum absolute atomic E-state index is 8.12. The lowest BCUT2D eigenvalue weighted by Gasteiger charge is -1.96. The second kappa shape index (κ2) is 5.22. The van der Waals surface area contributed by atoms with Crippen LogP contribution in [-0.4, -0.2) is 10.7 Å². The normalized spacial score (nSPS) is 10.0. The van der Waals surface area contributed by atoms with Crippen LogP contribution in [0.1, 0.15) is 5.56 Å². The zero-order valence-corrected chi connectivity index (χ0v) is 7.16. The number of hydrogen-bond donors (Lipinski definition) is 1. The minimum absolute atomic E-state index is 0. The molecule has 0 bridgehead atoms. The lowest BCUT2D eigenvalue weighted by atomic mass is 10.2. The fourth-order valence-electron chi connectivity index (χ4n) is 0.761. The fraction of sp³-hybridized carbons (Fsp3) is 0.143. The van der Waals surface area contributed by atoms with Crippen LogP contribution in [0, 0.1) is 6.92 Å². The minimum atomic E-state index is 0. The van der Waals surface area contributed by atoms with Crippen LogP contribution in [0.4, 0.5) is 0 Å². The zero-order chi connectivity index (χ0) is 7.40. The van der Waals surface area contributed by atoms with Crippen molar-refractivity contribution in [2.24, 2.45) is 0 Å². The first-order chi connectivity index (χ1) is 4.83. The average molecular weight is 174 g/mol. The third-order valence-corrected chi connectivity index (χ3v) is 1.82. The van der Waals surface area contributed by atoms with Crippen LogP contribution < -0.4 is 5.30 Å². The summed E-state index contributed by atoms with van der Waals surface area (Å²) in [5.41, 5.74) is 1.18. The van der Waals surface area contributed by atoms with Crippen LogP contribution in [0.25, 0.3) is 0 Å². The van der Waals surface area contributed by atoms with E-state index in [4.69, 9.17) is 5.26 Å². The van der Waals surface area contributed by atoms with E-state index in [1.165, 1.54) is 5.56 Å². The molecule has 0 amide bonds. The van der Waals surface area contributed by atoms with E-state index >= 15 is 0 Å². The molecule has 0 aliphatic heterocycles. The van der Waals surface area contributed by atoms with Gasteiger partial charge in [-0.15, -0.1) is 0 Å².